The van der Waals surface area contributed by atoms with E-state index < -0.39 is 15.4 Å². The van der Waals surface area contributed by atoms with E-state index in [0.29, 0.717) is 11.4 Å². The number of nitrogens with one attached hydrogen (secondary N) is 2. The molecule has 122 valence electrons. The van der Waals surface area contributed by atoms with Crippen molar-refractivity contribution in [3.8, 4) is 0 Å². The van der Waals surface area contributed by atoms with Gasteiger partial charge in [-0.2, -0.15) is 0 Å². The van der Waals surface area contributed by atoms with Crippen LogP contribution in [0.4, 0.5) is 11.4 Å². The summed E-state index contributed by atoms with van der Waals surface area (Å²) in [7, 11) is -3.68. The Labute approximate surface area is 140 Å². The third-order valence-electron chi connectivity index (χ3n) is 3.10. The molecule has 0 aliphatic carbocycles. The van der Waals surface area contributed by atoms with E-state index in [0.717, 1.165) is 5.56 Å². The molecule has 0 bridgehead atoms. The standard InChI is InChI=1S/C16H17ClN2O3S/c1-11-3-5-14(6-4-11)19-23(21,22)15-9-7-13(8-10-15)18-16(20)12(2)17/h3-10,12,19H,1-2H3,(H,18,20)/t12-/m0/s1. The minimum atomic E-state index is -3.68. The van der Waals surface area contributed by atoms with Gasteiger partial charge in [-0.05, 0) is 50.2 Å². The highest BCUT2D eigenvalue weighted by Gasteiger charge is 2.15. The zero-order valence-electron chi connectivity index (χ0n) is 12.7. The van der Waals surface area contributed by atoms with Crippen LogP contribution in [0, 0.1) is 6.92 Å². The fraction of sp³-hybridized carbons (Fsp3) is 0.188. The molecule has 7 heteroatoms. The van der Waals surface area contributed by atoms with Gasteiger partial charge in [0.2, 0.25) is 5.91 Å². The molecule has 0 saturated carbocycles. The molecule has 5 nitrogen and oxygen atoms in total. The second-order valence-electron chi connectivity index (χ2n) is 5.10. The topological polar surface area (TPSA) is 75.3 Å². The Morgan fingerprint density at radius 2 is 1.52 bits per heavy atom. The molecule has 23 heavy (non-hydrogen) atoms. The Balaban J connectivity index is 2.14. The van der Waals surface area contributed by atoms with Gasteiger partial charge in [-0.1, -0.05) is 17.7 Å². The van der Waals surface area contributed by atoms with E-state index in [9.17, 15) is 13.2 Å². The van der Waals surface area contributed by atoms with Crippen molar-refractivity contribution >= 4 is 38.9 Å². The average molecular weight is 353 g/mol. The summed E-state index contributed by atoms with van der Waals surface area (Å²) in [5, 5.41) is 1.92. The van der Waals surface area contributed by atoms with Gasteiger partial charge in [-0.15, -0.1) is 11.6 Å². The maximum absolute atomic E-state index is 12.3. The molecule has 0 saturated heterocycles. The fourth-order valence-electron chi connectivity index (χ4n) is 1.79. The Morgan fingerprint density at radius 1 is 1.00 bits per heavy atom. The van der Waals surface area contributed by atoms with Gasteiger partial charge in [0, 0.05) is 11.4 Å². The van der Waals surface area contributed by atoms with Crippen LogP contribution < -0.4 is 10.0 Å². The van der Waals surface area contributed by atoms with E-state index in [4.69, 9.17) is 11.6 Å². The zero-order valence-corrected chi connectivity index (χ0v) is 14.3. The van der Waals surface area contributed by atoms with Crippen molar-refractivity contribution in [2.45, 2.75) is 24.1 Å². The molecule has 0 spiro atoms. The lowest BCUT2D eigenvalue weighted by Crippen LogP contribution is -2.20. The largest absolute Gasteiger partial charge is 0.325 e. The minimum Gasteiger partial charge on any atom is -0.325 e. The molecule has 2 rings (SSSR count). The smallest absolute Gasteiger partial charge is 0.261 e. The molecule has 0 fully saturated rings. The van der Waals surface area contributed by atoms with Crippen LogP contribution in [0.2, 0.25) is 0 Å². The van der Waals surface area contributed by atoms with Gasteiger partial charge in [0.25, 0.3) is 10.0 Å². The lowest BCUT2D eigenvalue weighted by Gasteiger charge is -2.10. The summed E-state index contributed by atoms with van der Waals surface area (Å²) in [6, 6.07) is 12.9. The molecule has 2 aromatic carbocycles. The first-order valence-corrected chi connectivity index (χ1v) is 8.84. The molecule has 0 aromatic heterocycles. The van der Waals surface area contributed by atoms with Gasteiger partial charge in [0.05, 0.1) is 4.90 Å². The van der Waals surface area contributed by atoms with Gasteiger partial charge in [0.15, 0.2) is 0 Å². The van der Waals surface area contributed by atoms with E-state index in [1.807, 2.05) is 19.1 Å². The number of alkyl halides is 1. The van der Waals surface area contributed by atoms with Crippen LogP contribution in [0.15, 0.2) is 53.4 Å². The number of hydrogen-bond acceptors (Lipinski definition) is 3. The number of carbonyl (C=O) groups excluding carboxylic acids is 1. The van der Waals surface area contributed by atoms with Crippen LogP contribution in [0.25, 0.3) is 0 Å². The number of sulfonamides is 1. The van der Waals surface area contributed by atoms with E-state index >= 15 is 0 Å². The van der Waals surface area contributed by atoms with Crippen LogP contribution in [-0.4, -0.2) is 19.7 Å². The van der Waals surface area contributed by atoms with Gasteiger partial charge < -0.3 is 5.32 Å². The van der Waals surface area contributed by atoms with Gasteiger partial charge >= 0.3 is 0 Å². The Morgan fingerprint density at radius 3 is 2.04 bits per heavy atom. The van der Waals surface area contributed by atoms with E-state index in [1.165, 1.54) is 24.3 Å². The Kier molecular flexibility index (Phi) is 5.28. The molecular formula is C16H17ClN2O3S. The fourth-order valence-corrected chi connectivity index (χ4v) is 2.91. The summed E-state index contributed by atoms with van der Waals surface area (Å²) in [5.41, 5.74) is 2.02. The molecular weight excluding hydrogens is 336 g/mol. The first-order valence-electron chi connectivity index (χ1n) is 6.92. The van der Waals surface area contributed by atoms with E-state index in [-0.39, 0.29) is 10.8 Å². The van der Waals surface area contributed by atoms with Crippen LogP contribution in [-0.2, 0) is 14.8 Å². The SMILES string of the molecule is Cc1ccc(NS(=O)(=O)c2ccc(NC(=O)[C@H](C)Cl)cc2)cc1. The van der Waals surface area contributed by atoms with Crippen molar-refractivity contribution in [2.24, 2.45) is 0 Å². The predicted molar refractivity (Wildman–Crippen MR) is 92.4 cm³/mol. The quantitative estimate of drug-likeness (QED) is 0.810. The molecule has 0 heterocycles. The van der Waals surface area contributed by atoms with Gasteiger partial charge in [-0.3, -0.25) is 9.52 Å². The third kappa shape index (κ3) is 4.71. The van der Waals surface area contributed by atoms with Crippen LogP contribution in [0.5, 0.6) is 0 Å². The first-order chi connectivity index (χ1) is 10.8. The van der Waals surface area contributed by atoms with Gasteiger partial charge in [-0.25, -0.2) is 8.42 Å². The van der Waals surface area contributed by atoms with E-state index in [2.05, 4.69) is 10.0 Å². The second-order valence-corrected chi connectivity index (χ2v) is 7.44. The lowest BCUT2D eigenvalue weighted by molar-refractivity contribution is -0.115. The normalized spacial score (nSPS) is 12.5. The monoisotopic (exact) mass is 352 g/mol. The number of halogens is 1. The number of aryl methyl sites for hydroxylation is 1. The van der Waals surface area contributed by atoms with Crippen LogP contribution in [0.3, 0.4) is 0 Å². The number of anilines is 2. The summed E-state index contributed by atoms with van der Waals surface area (Å²) >= 11 is 5.67. The zero-order chi connectivity index (χ0) is 17.0. The highest BCUT2D eigenvalue weighted by Crippen LogP contribution is 2.19. The van der Waals surface area contributed by atoms with Gasteiger partial charge in [0.1, 0.15) is 5.38 Å². The van der Waals surface area contributed by atoms with Crippen molar-refractivity contribution < 1.29 is 13.2 Å². The molecule has 0 aliphatic rings. The number of rotatable bonds is 5. The van der Waals surface area contributed by atoms with Crippen molar-refractivity contribution in [3.05, 3.63) is 54.1 Å². The van der Waals surface area contributed by atoms with Crippen molar-refractivity contribution in [1.82, 2.24) is 0 Å². The Bertz CT molecular complexity index is 785. The number of amides is 1. The maximum Gasteiger partial charge on any atom is 0.261 e. The van der Waals surface area contributed by atoms with Crippen molar-refractivity contribution in [2.75, 3.05) is 10.0 Å². The summed E-state index contributed by atoms with van der Waals surface area (Å²) in [6.45, 7) is 3.48. The molecule has 2 N–H and O–H groups in total. The van der Waals surface area contributed by atoms with Crippen LogP contribution in [0.1, 0.15) is 12.5 Å². The highest BCUT2D eigenvalue weighted by atomic mass is 35.5. The maximum atomic E-state index is 12.3. The summed E-state index contributed by atoms with van der Waals surface area (Å²) in [6.07, 6.45) is 0. The molecule has 0 radical (unpaired) electrons. The van der Waals surface area contributed by atoms with E-state index in [1.54, 1.807) is 19.1 Å². The second kappa shape index (κ2) is 7.02. The van der Waals surface area contributed by atoms with Crippen molar-refractivity contribution in [1.29, 1.82) is 0 Å². The molecule has 0 unspecified atom stereocenters. The minimum absolute atomic E-state index is 0.106. The average Bonchev–Trinajstić information content (AvgIpc) is 2.50. The molecule has 1 atom stereocenters. The lowest BCUT2D eigenvalue weighted by atomic mass is 10.2. The number of hydrogen-bond donors (Lipinski definition) is 2. The summed E-state index contributed by atoms with van der Waals surface area (Å²) in [5.74, 6) is -0.347. The van der Waals surface area contributed by atoms with Crippen LogP contribution >= 0.6 is 11.6 Å². The molecule has 2 aromatic rings. The third-order valence-corrected chi connectivity index (χ3v) is 4.69. The first kappa shape index (κ1) is 17.3. The van der Waals surface area contributed by atoms with Crippen molar-refractivity contribution in [3.63, 3.8) is 0 Å². The highest BCUT2D eigenvalue weighted by molar-refractivity contribution is 7.92. The number of carbonyl (C=O) groups is 1. The predicted octanol–water partition coefficient (Wildman–Crippen LogP) is 3.36. The summed E-state index contributed by atoms with van der Waals surface area (Å²) < 4.78 is 27.1. The summed E-state index contributed by atoms with van der Waals surface area (Å²) in [4.78, 5) is 11.6. The number of benzene rings is 2. The Hall–Kier alpha value is -2.05. The molecule has 1 amide bonds. The molecule has 0 aliphatic heterocycles.